The van der Waals surface area contributed by atoms with Crippen molar-refractivity contribution in [1.29, 1.82) is 0 Å². The van der Waals surface area contributed by atoms with Crippen LogP contribution in [0.25, 0.3) is 5.69 Å². The van der Waals surface area contributed by atoms with Gasteiger partial charge in [-0.05, 0) is 76.2 Å². The van der Waals surface area contributed by atoms with Crippen LogP contribution in [0.1, 0.15) is 11.1 Å². The molecule has 6 nitrogen and oxygen atoms in total. The normalized spacial score (nSPS) is 10.7. The predicted molar refractivity (Wildman–Crippen MR) is 107 cm³/mol. The number of nitrogens with zero attached hydrogens (tertiary/aromatic N) is 4. The monoisotopic (exact) mass is 465 g/mol. The summed E-state index contributed by atoms with van der Waals surface area (Å²) in [6, 6.07) is 13.7. The molecule has 0 radical (unpaired) electrons. The first-order valence-corrected chi connectivity index (χ1v) is 9.64. The Labute approximate surface area is 163 Å². The van der Waals surface area contributed by atoms with Gasteiger partial charge in [-0.25, -0.2) is 0 Å². The van der Waals surface area contributed by atoms with E-state index in [2.05, 4.69) is 43.4 Å². The zero-order chi connectivity index (χ0) is 17.8. The summed E-state index contributed by atoms with van der Waals surface area (Å²) in [6.07, 6.45) is 0. The van der Waals surface area contributed by atoms with Crippen molar-refractivity contribution < 1.29 is 4.79 Å². The largest absolute Gasteiger partial charge is 0.325 e. The maximum Gasteiger partial charge on any atom is 0.234 e. The lowest BCUT2D eigenvalue weighted by molar-refractivity contribution is -0.113. The molecule has 0 atom stereocenters. The van der Waals surface area contributed by atoms with Crippen LogP contribution in [-0.2, 0) is 4.79 Å². The molecule has 1 N–H and O–H groups in total. The molecule has 0 saturated heterocycles. The minimum absolute atomic E-state index is 0.0944. The Morgan fingerprint density at radius 3 is 2.64 bits per heavy atom. The lowest BCUT2D eigenvalue weighted by Gasteiger charge is -2.10. The number of aryl methyl sites for hydroxylation is 2. The van der Waals surface area contributed by atoms with Crippen LogP contribution in [0.2, 0.25) is 0 Å². The SMILES string of the molecule is Cc1cccc(C)c1-n1nnnc1SCC(=O)Nc1cccc(I)c1. The van der Waals surface area contributed by atoms with Gasteiger partial charge in [-0.2, -0.15) is 4.68 Å². The Bertz CT molecular complexity index is 891. The summed E-state index contributed by atoms with van der Waals surface area (Å²) >= 11 is 3.52. The van der Waals surface area contributed by atoms with Gasteiger partial charge in [0.1, 0.15) is 0 Å². The van der Waals surface area contributed by atoms with Gasteiger partial charge in [0.05, 0.1) is 11.4 Å². The number of tetrazole rings is 1. The van der Waals surface area contributed by atoms with E-state index in [1.807, 2.05) is 56.3 Å². The molecule has 1 aromatic heterocycles. The first kappa shape index (κ1) is 17.9. The number of rotatable bonds is 5. The van der Waals surface area contributed by atoms with Gasteiger partial charge >= 0.3 is 0 Å². The van der Waals surface area contributed by atoms with Crippen molar-refractivity contribution >= 4 is 45.9 Å². The van der Waals surface area contributed by atoms with Crippen LogP contribution in [0.5, 0.6) is 0 Å². The van der Waals surface area contributed by atoms with Crippen LogP contribution < -0.4 is 5.32 Å². The summed E-state index contributed by atoms with van der Waals surface area (Å²) in [5.41, 5.74) is 3.90. The topological polar surface area (TPSA) is 72.7 Å². The average Bonchev–Trinajstić information content (AvgIpc) is 3.01. The number of thioether (sulfide) groups is 1. The summed E-state index contributed by atoms with van der Waals surface area (Å²) in [5, 5.41) is 15.4. The number of hydrogen-bond donors (Lipinski definition) is 1. The van der Waals surface area contributed by atoms with Crippen molar-refractivity contribution in [3.8, 4) is 5.69 Å². The Balaban J connectivity index is 1.71. The molecule has 1 heterocycles. The van der Waals surface area contributed by atoms with E-state index >= 15 is 0 Å². The van der Waals surface area contributed by atoms with E-state index in [0.29, 0.717) is 5.16 Å². The van der Waals surface area contributed by atoms with E-state index < -0.39 is 0 Å². The highest BCUT2D eigenvalue weighted by molar-refractivity contribution is 14.1. The summed E-state index contributed by atoms with van der Waals surface area (Å²) in [6.45, 7) is 4.03. The highest BCUT2D eigenvalue weighted by Crippen LogP contribution is 2.23. The number of carbonyl (C=O) groups is 1. The number of aromatic nitrogens is 4. The van der Waals surface area contributed by atoms with Gasteiger partial charge in [-0.3, -0.25) is 4.79 Å². The fourth-order valence-electron chi connectivity index (χ4n) is 2.44. The first-order valence-electron chi connectivity index (χ1n) is 7.58. The zero-order valence-electron chi connectivity index (χ0n) is 13.7. The van der Waals surface area contributed by atoms with E-state index in [-0.39, 0.29) is 11.7 Å². The Morgan fingerprint density at radius 2 is 1.92 bits per heavy atom. The van der Waals surface area contributed by atoms with E-state index in [0.717, 1.165) is 26.1 Å². The fourth-order valence-corrected chi connectivity index (χ4v) is 3.66. The number of nitrogens with one attached hydrogen (secondary N) is 1. The molecule has 2 aromatic carbocycles. The van der Waals surface area contributed by atoms with Crippen LogP contribution in [-0.4, -0.2) is 31.9 Å². The molecular formula is C17H16IN5OS. The van der Waals surface area contributed by atoms with Gasteiger partial charge < -0.3 is 5.32 Å². The summed E-state index contributed by atoms with van der Waals surface area (Å²) in [7, 11) is 0. The molecule has 0 bridgehead atoms. The molecule has 0 fully saturated rings. The molecule has 1 amide bonds. The maximum atomic E-state index is 12.2. The fraction of sp³-hybridized carbons (Fsp3) is 0.176. The van der Waals surface area contributed by atoms with Gasteiger partial charge in [0.2, 0.25) is 11.1 Å². The van der Waals surface area contributed by atoms with Crippen molar-refractivity contribution in [2.45, 2.75) is 19.0 Å². The average molecular weight is 465 g/mol. The minimum atomic E-state index is -0.0944. The van der Waals surface area contributed by atoms with E-state index in [4.69, 9.17) is 0 Å². The van der Waals surface area contributed by atoms with E-state index in [1.54, 1.807) is 4.68 Å². The second-order valence-electron chi connectivity index (χ2n) is 5.46. The van der Waals surface area contributed by atoms with Crippen LogP contribution >= 0.6 is 34.4 Å². The number of halogens is 1. The molecule has 0 aliphatic rings. The molecule has 25 heavy (non-hydrogen) atoms. The molecule has 8 heteroatoms. The van der Waals surface area contributed by atoms with Crippen LogP contribution in [0.15, 0.2) is 47.6 Å². The van der Waals surface area contributed by atoms with Crippen molar-refractivity contribution in [3.63, 3.8) is 0 Å². The minimum Gasteiger partial charge on any atom is -0.325 e. The number of hydrogen-bond acceptors (Lipinski definition) is 5. The quantitative estimate of drug-likeness (QED) is 0.461. The highest BCUT2D eigenvalue weighted by Gasteiger charge is 2.14. The van der Waals surface area contributed by atoms with Crippen molar-refractivity contribution in [1.82, 2.24) is 20.2 Å². The Morgan fingerprint density at radius 1 is 1.20 bits per heavy atom. The molecule has 0 spiro atoms. The number of amides is 1. The van der Waals surface area contributed by atoms with Gasteiger partial charge in [-0.1, -0.05) is 36.0 Å². The number of para-hydroxylation sites is 1. The van der Waals surface area contributed by atoms with Crippen molar-refractivity contribution in [2.24, 2.45) is 0 Å². The standard InChI is InChI=1S/C17H16IN5OS/c1-11-5-3-6-12(2)16(11)23-17(20-21-22-23)25-10-15(24)19-14-8-4-7-13(18)9-14/h3-9H,10H2,1-2H3,(H,19,24). The maximum absolute atomic E-state index is 12.2. The lowest BCUT2D eigenvalue weighted by atomic mass is 10.1. The van der Waals surface area contributed by atoms with Crippen molar-refractivity contribution in [3.05, 3.63) is 57.2 Å². The zero-order valence-corrected chi connectivity index (χ0v) is 16.7. The Hall–Kier alpha value is -1.94. The predicted octanol–water partition coefficient (Wildman–Crippen LogP) is 3.61. The smallest absolute Gasteiger partial charge is 0.234 e. The molecular weight excluding hydrogens is 449 g/mol. The van der Waals surface area contributed by atoms with E-state index in [1.165, 1.54) is 11.8 Å². The molecule has 3 rings (SSSR count). The third-order valence-electron chi connectivity index (χ3n) is 3.53. The second kappa shape index (κ2) is 7.96. The highest BCUT2D eigenvalue weighted by atomic mass is 127. The van der Waals surface area contributed by atoms with Gasteiger partial charge in [0.15, 0.2) is 0 Å². The molecule has 0 unspecified atom stereocenters. The molecule has 0 aliphatic heterocycles. The number of anilines is 1. The first-order chi connectivity index (χ1) is 12.0. The molecule has 0 aliphatic carbocycles. The van der Waals surface area contributed by atoms with Crippen molar-refractivity contribution in [2.75, 3.05) is 11.1 Å². The third kappa shape index (κ3) is 4.37. The van der Waals surface area contributed by atoms with Crippen LogP contribution in [0.4, 0.5) is 5.69 Å². The van der Waals surface area contributed by atoms with Gasteiger partial charge in [0, 0.05) is 9.26 Å². The van der Waals surface area contributed by atoms with Crippen LogP contribution in [0.3, 0.4) is 0 Å². The summed E-state index contributed by atoms with van der Waals surface area (Å²) in [5.74, 6) is 0.139. The summed E-state index contributed by atoms with van der Waals surface area (Å²) < 4.78 is 2.76. The van der Waals surface area contributed by atoms with E-state index in [9.17, 15) is 4.79 Å². The second-order valence-corrected chi connectivity index (χ2v) is 7.65. The van der Waals surface area contributed by atoms with Gasteiger partial charge in [-0.15, -0.1) is 5.10 Å². The number of carbonyl (C=O) groups excluding carboxylic acids is 1. The van der Waals surface area contributed by atoms with Gasteiger partial charge in [0.25, 0.3) is 0 Å². The lowest BCUT2D eigenvalue weighted by Crippen LogP contribution is -2.15. The Kier molecular flexibility index (Phi) is 5.69. The molecule has 3 aromatic rings. The number of benzene rings is 2. The molecule has 0 saturated carbocycles. The molecule has 128 valence electrons. The summed E-state index contributed by atoms with van der Waals surface area (Å²) in [4.78, 5) is 12.2. The van der Waals surface area contributed by atoms with Crippen LogP contribution in [0, 0.1) is 17.4 Å². The third-order valence-corrected chi connectivity index (χ3v) is 5.12.